The van der Waals surface area contributed by atoms with E-state index in [1.54, 1.807) is 24.3 Å². The monoisotopic (exact) mass is 825 g/mol. The molecular formula is C43H63N3O7S2Si. The van der Waals surface area contributed by atoms with Crippen molar-refractivity contribution in [1.82, 2.24) is 15.2 Å². The van der Waals surface area contributed by atoms with Gasteiger partial charge in [0.15, 0.2) is 8.32 Å². The molecular weight excluding hydrogens is 763 g/mol. The van der Waals surface area contributed by atoms with Crippen molar-refractivity contribution in [3.8, 4) is 5.75 Å². The third-order valence-corrected chi connectivity index (χ3v) is 18.1. The zero-order valence-electron chi connectivity index (χ0n) is 34.1. The zero-order valence-corrected chi connectivity index (χ0v) is 36.7. The number of fused-ring (bicyclic) bond motifs is 1. The number of aromatic nitrogens is 1. The Morgan fingerprint density at radius 2 is 1.61 bits per heavy atom. The quantitative estimate of drug-likeness (QED) is 0.0370. The summed E-state index contributed by atoms with van der Waals surface area (Å²) in [5, 5.41) is 30.2. The number of carbonyl (C=O) groups is 1. The van der Waals surface area contributed by atoms with Gasteiger partial charge in [-0.3, -0.25) is 4.79 Å². The molecule has 0 unspecified atom stereocenters. The highest BCUT2D eigenvalue weighted by atomic mass is 32.1. The molecule has 0 radical (unpaired) electrons. The Labute approximate surface area is 341 Å². The molecule has 0 saturated heterocycles. The molecule has 3 heterocycles. The van der Waals surface area contributed by atoms with Crippen LogP contribution in [0.4, 0.5) is 0 Å². The molecule has 1 aliphatic carbocycles. The van der Waals surface area contributed by atoms with Gasteiger partial charge in [0.25, 0.3) is 0 Å². The topological polar surface area (TPSA) is 133 Å². The van der Waals surface area contributed by atoms with E-state index in [2.05, 4.69) is 56.1 Å². The molecule has 1 aliphatic rings. The van der Waals surface area contributed by atoms with Crippen LogP contribution in [0.5, 0.6) is 5.75 Å². The van der Waals surface area contributed by atoms with Crippen LogP contribution < -0.4 is 10.9 Å². The average Bonchev–Trinajstić information content (AvgIpc) is 3.91. The van der Waals surface area contributed by atoms with Crippen molar-refractivity contribution in [2.45, 2.75) is 121 Å². The fourth-order valence-corrected chi connectivity index (χ4v) is 10.1. The summed E-state index contributed by atoms with van der Waals surface area (Å²) in [6.45, 7) is 15.2. The van der Waals surface area contributed by atoms with E-state index in [9.17, 15) is 19.8 Å². The fourth-order valence-electron chi connectivity index (χ4n) is 7.16. The molecule has 0 spiro atoms. The number of H-pyrrole nitrogens is 1. The third kappa shape index (κ3) is 11.4. The average molecular weight is 826 g/mol. The number of nitrogens with zero attached hydrogens (tertiary/aromatic N) is 1. The number of phenolic OH excluding ortho intramolecular Hbond substituents is 1. The van der Waals surface area contributed by atoms with E-state index in [1.807, 2.05) is 29.0 Å². The first-order valence-electron chi connectivity index (χ1n) is 20.2. The molecule has 10 nitrogen and oxygen atoms in total. The molecule has 4 aromatic rings. The van der Waals surface area contributed by atoms with Gasteiger partial charge in [0.1, 0.15) is 11.9 Å². The number of pyridine rings is 1. The number of aromatic hydroxyl groups is 1. The molecule has 3 aromatic heterocycles. The van der Waals surface area contributed by atoms with Gasteiger partial charge in [-0.2, -0.15) is 0 Å². The first-order valence-corrected chi connectivity index (χ1v) is 24.9. The van der Waals surface area contributed by atoms with E-state index in [4.69, 9.17) is 13.9 Å². The van der Waals surface area contributed by atoms with E-state index in [0.29, 0.717) is 27.9 Å². The number of ether oxygens (including phenoxy) is 2. The van der Waals surface area contributed by atoms with Crippen molar-refractivity contribution in [3.05, 3.63) is 85.0 Å². The van der Waals surface area contributed by atoms with Gasteiger partial charge < -0.3 is 39.3 Å². The third-order valence-electron chi connectivity index (χ3n) is 11.6. The number of hydrogen-bond donors (Lipinski definition) is 4. The molecule has 1 fully saturated rings. The van der Waals surface area contributed by atoms with Crippen molar-refractivity contribution >= 4 is 47.9 Å². The molecule has 308 valence electrons. The molecule has 56 heavy (non-hydrogen) atoms. The maximum absolute atomic E-state index is 13.3. The fraction of sp³-hybridized carbons (Fsp3) is 0.581. The van der Waals surface area contributed by atoms with Gasteiger partial charge >= 0.3 is 5.97 Å². The van der Waals surface area contributed by atoms with Crippen molar-refractivity contribution in [2.75, 3.05) is 39.9 Å². The van der Waals surface area contributed by atoms with E-state index in [0.717, 1.165) is 95.0 Å². The van der Waals surface area contributed by atoms with Gasteiger partial charge in [-0.15, -0.1) is 22.7 Å². The maximum Gasteiger partial charge on any atom is 0.349 e. The molecule has 0 bridgehead atoms. The maximum atomic E-state index is 13.3. The number of carbonyl (C=O) groups excluding carboxylic acids is 1. The summed E-state index contributed by atoms with van der Waals surface area (Å²) in [5.74, 6) is -0.519. The van der Waals surface area contributed by atoms with Crippen molar-refractivity contribution in [3.63, 3.8) is 0 Å². The standard InChI is InChI=1S/C43H63N3O7S2Si/c1-42(2,3)56(5,6)53-36(33-20-22-35(47)40-34(33)21-23-39(48)45-40)30-44-24-9-7-8-10-26-51-27-13-25-46(4)31-16-18-32(19-17-31)52-41(49)43(50,37-14-11-28-54-37)38-15-12-29-55-38/h11-12,14-15,20-23,28-29,31-32,36,44,47,50H,7-10,13,16-19,24-27,30H2,1-6H3,(H,45,48)/t31-,32-,36-/m0/s1. The zero-order chi connectivity index (χ0) is 40.3. The van der Waals surface area contributed by atoms with Crippen LogP contribution in [0.25, 0.3) is 10.9 Å². The molecule has 13 heteroatoms. The first-order chi connectivity index (χ1) is 26.7. The van der Waals surface area contributed by atoms with Crippen LogP contribution in [-0.2, 0) is 24.3 Å². The minimum absolute atomic E-state index is 0.0371. The number of rotatable bonds is 21. The van der Waals surface area contributed by atoms with Crippen molar-refractivity contribution < 1.29 is 28.9 Å². The van der Waals surface area contributed by atoms with Crippen LogP contribution in [0.1, 0.15) is 100.0 Å². The van der Waals surface area contributed by atoms with Gasteiger partial charge in [-0.1, -0.05) is 51.8 Å². The van der Waals surface area contributed by atoms with Crippen LogP contribution in [-0.4, -0.2) is 86.4 Å². The second-order valence-corrected chi connectivity index (χ2v) is 23.4. The minimum Gasteiger partial charge on any atom is -0.506 e. The SMILES string of the molecule is CN(CCCOCCCCCCNC[C@H](O[Si](C)(C)C(C)(C)C)c1ccc(O)c2[nH]c(=O)ccc12)[C@H]1CC[C@H](OC(=O)C(O)(c2cccs2)c2cccs2)CC1. The number of aromatic amines is 1. The summed E-state index contributed by atoms with van der Waals surface area (Å²) < 4.78 is 18.8. The molecule has 1 aromatic carbocycles. The second kappa shape index (κ2) is 20.2. The van der Waals surface area contributed by atoms with Gasteiger partial charge in [0, 0.05) is 43.8 Å². The number of esters is 1. The van der Waals surface area contributed by atoms with E-state index in [-0.39, 0.29) is 28.6 Å². The van der Waals surface area contributed by atoms with Gasteiger partial charge in [-0.05, 0) is 117 Å². The number of benzene rings is 1. The van der Waals surface area contributed by atoms with Crippen LogP contribution in [0, 0.1) is 0 Å². The predicted molar refractivity (Wildman–Crippen MR) is 230 cm³/mol. The van der Waals surface area contributed by atoms with Crippen LogP contribution >= 0.6 is 22.7 Å². The highest BCUT2D eigenvalue weighted by Crippen LogP contribution is 2.41. The number of hydrogen-bond acceptors (Lipinski definition) is 11. The number of nitrogens with one attached hydrogen (secondary N) is 2. The lowest BCUT2D eigenvalue weighted by Crippen LogP contribution is -2.43. The largest absolute Gasteiger partial charge is 0.506 e. The molecule has 1 atom stereocenters. The summed E-state index contributed by atoms with van der Waals surface area (Å²) in [4.78, 5) is 31.7. The number of phenols is 1. The summed E-state index contributed by atoms with van der Waals surface area (Å²) in [7, 11) is 0.0562. The predicted octanol–water partition coefficient (Wildman–Crippen LogP) is 8.70. The lowest BCUT2D eigenvalue weighted by molar-refractivity contribution is -0.169. The highest BCUT2D eigenvalue weighted by molar-refractivity contribution is 7.12. The smallest absolute Gasteiger partial charge is 0.349 e. The van der Waals surface area contributed by atoms with E-state index < -0.39 is 19.9 Å². The van der Waals surface area contributed by atoms with Crippen LogP contribution in [0.2, 0.25) is 18.1 Å². The Hall–Kier alpha value is -2.88. The van der Waals surface area contributed by atoms with Crippen LogP contribution in [0.15, 0.2) is 64.1 Å². The van der Waals surface area contributed by atoms with Gasteiger partial charge in [0.05, 0.1) is 21.4 Å². The molecule has 4 N–H and O–H groups in total. The molecule has 0 aliphatic heterocycles. The first kappa shape index (κ1) is 44.2. The molecule has 1 saturated carbocycles. The minimum atomic E-state index is -2.12. The Morgan fingerprint density at radius 3 is 2.25 bits per heavy atom. The second-order valence-electron chi connectivity index (χ2n) is 16.7. The summed E-state index contributed by atoms with van der Waals surface area (Å²) >= 11 is 2.73. The Balaban J connectivity index is 0.942. The lowest BCUT2D eigenvalue weighted by Gasteiger charge is -2.39. The number of aliphatic hydroxyl groups is 1. The van der Waals surface area contributed by atoms with Crippen LogP contribution in [0.3, 0.4) is 0 Å². The lowest BCUT2D eigenvalue weighted by atomic mass is 9.91. The Kier molecular flexibility index (Phi) is 15.9. The highest BCUT2D eigenvalue weighted by Gasteiger charge is 2.45. The van der Waals surface area contributed by atoms with E-state index in [1.165, 1.54) is 28.7 Å². The summed E-state index contributed by atoms with van der Waals surface area (Å²) in [6.07, 6.45) is 8.44. The van der Waals surface area contributed by atoms with E-state index >= 15 is 0 Å². The Bertz CT molecular complexity index is 1820. The molecule has 5 rings (SSSR count). The normalized spacial score (nSPS) is 17.4. The van der Waals surface area contributed by atoms with Gasteiger partial charge in [-0.25, -0.2) is 4.79 Å². The summed E-state index contributed by atoms with van der Waals surface area (Å²) in [5.41, 5.74) is -0.582. The van der Waals surface area contributed by atoms with Crippen molar-refractivity contribution in [2.24, 2.45) is 0 Å². The Morgan fingerprint density at radius 1 is 0.946 bits per heavy atom. The number of unbranched alkanes of at least 4 members (excludes halogenated alkanes) is 3. The molecule has 0 amide bonds. The summed E-state index contributed by atoms with van der Waals surface area (Å²) in [6, 6.07) is 14.6. The van der Waals surface area contributed by atoms with Gasteiger partial charge in [0.2, 0.25) is 11.2 Å². The number of thiophene rings is 2. The van der Waals surface area contributed by atoms with Crippen molar-refractivity contribution in [1.29, 1.82) is 0 Å².